The van der Waals surface area contributed by atoms with Gasteiger partial charge in [0.1, 0.15) is 17.2 Å². The van der Waals surface area contributed by atoms with Crippen LogP contribution in [0.4, 0.5) is 5.82 Å². The van der Waals surface area contributed by atoms with E-state index >= 15 is 0 Å². The van der Waals surface area contributed by atoms with Gasteiger partial charge in [-0.25, -0.2) is 14.8 Å². The minimum absolute atomic E-state index is 0.658. The Morgan fingerprint density at radius 2 is 2.29 bits per heavy atom. The van der Waals surface area contributed by atoms with Crippen LogP contribution >= 0.6 is 0 Å². The maximum atomic E-state index is 11.5. The lowest BCUT2D eigenvalue weighted by molar-refractivity contribution is -0.143. The quantitative estimate of drug-likeness (QED) is 0.843. The molecule has 0 bridgehead atoms. The largest absolute Gasteiger partial charge is 0.480 e. The summed E-state index contributed by atoms with van der Waals surface area (Å²) in [4.78, 5) is 21.7. The molecule has 1 atom stereocenters. The van der Waals surface area contributed by atoms with Gasteiger partial charge in [-0.2, -0.15) is 0 Å². The van der Waals surface area contributed by atoms with Gasteiger partial charge in [0.2, 0.25) is 0 Å². The lowest BCUT2D eigenvalue weighted by Crippen LogP contribution is -2.55. The lowest BCUT2D eigenvalue weighted by atomic mass is 9.88. The summed E-state index contributed by atoms with van der Waals surface area (Å²) in [5.41, 5.74) is -0.848. The van der Waals surface area contributed by atoms with Crippen LogP contribution < -0.4 is 4.90 Å². The highest BCUT2D eigenvalue weighted by Crippen LogP contribution is 2.31. The molecule has 1 aromatic rings. The second-order valence-corrected chi connectivity index (χ2v) is 4.65. The number of aryl methyl sites for hydroxylation is 1. The zero-order chi connectivity index (χ0) is 12.5. The highest BCUT2D eigenvalue weighted by Gasteiger charge is 2.42. The standard InChI is InChI=1S/C12H17N3O2/c1-9-13-7-5-10(14-9)15-8-4-3-6-12(15,2)11(16)17/h5,7H,3-4,6,8H2,1-2H3,(H,16,17). The highest BCUT2D eigenvalue weighted by atomic mass is 16.4. The second kappa shape index (κ2) is 4.31. The third-order valence-electron chi connectivity index (χ3n) is 3.39. The van der Waals surface area contributed by atoms with Gasteiger partial charge in [-0.15, -0.1) is 0 Å². The monoisotopic (exact) mass is 235 g/mol. The molecular formula is C12H17N3O2. The number of anilines is 1. The summed E-state index contributed by atoms with van der Waals surface area (Å²) in [6.07, 6.45) is 4.29. The average molecular weight is 235 g/mol. The Bertz CT molecular complexity index is 436. The summed E-state index contributed by atoms with van der Waals surface area (Å²) < 4.78 is 0. The van der Waals surface area contributed by atoms with Gasteiger partial charge < -0.3 is 10.0 Å². The Kier molecular flexibility index (Phi) is 3.00. The van der Waals surface area contributed by atoms with Gasteiger partial charge in [0.05, 0.1) is 0 Å². The lowest BCUT2D eigenvalue weighted by Gasteiger charge is -2.42. The predicted octanol–water partition coefficient (Wildman–Crippen LogP) is 1.62. The summed E-state index contributed by atoms with van der Waals surface area (Å²) in [5, 5.41) is 9.41. The summed E-state index contributed by atoms with van der Waals surface area (Å²) in [6.45, 7) is 4.32. The Balaban J connectivity index is 2.37. The Morgan fingerprint density at radius 3 is 2.94 bits per heavy atom. The van der Waals surface area contributed by atoms with Crippen molar-refractivity contribution in [2.45, 2.75) is 38.6 Å². The number of carbonyl (C=O) groups is 1. The van der Waals surface area contributed by atoms with Crippen LogP contribution in [0.3, 0.4) is 0 Å². The predicted molar refractivity (Wildman–Crippen MR) is 64.0 cm³/mol. The SMILES string of the molecule is Cc1nccc(N2CCCCC2(C)C(=O)O)n1. The van der Waals surface area contributed by atoms with Gasteiger partial charge in [-0.05, 0) is 39.2 Å². The summed E-state index contributed by atoms with van der Waals surface area (Å²) in [5.74, 6) is 0.594. The molecule has 1 unspecified atom stereocenters. The third kappa shape index (κ3) is 2.09. The van der Waals surface area contributed by atoms with Crippen LogP contribution in [0.5, 0.6) is 0 Å². The van der Waals surface area contributed by atoms with E-state index in [9.17, 15) is 9.90 Å². The number of hydrogen-bond donors (Lipinski definition) is 1. The van der Waals surface area contributed by atoms with Gasteiger partial charge in [-0.3, -0.25) is 0 Å². The summed E-state index contributed by atoms with van der Waals surface area (Å²) in [6, 6.07) is 1.78. The third-order valence-corrected chi connectivity index (χ3v) is 3.39. The first-order chi connectivity index (χ1) is 8.04. The van der Waals surface area contributed by atoms with Crippen molar-refractivity contribution in [2.75, 3.05) is 11.4 Å². The fraction of sp³-hybridized carbons (Fsp3) is 0.583. The van der Waals surface area contributed by atoms with E-state index in [4.69, 9.17) is 0 Å². The van der Waals surface area contributed by atoms with E-state index in [1.54, 1.807) is 19.2 Å². The highest BCUT2D eigenvalue weighted by molar-refractivity contribution is 5.83. The molecule has 0 aromatic carbocycles. The van der Waals surface area contributed by atoms with Crippen LogP contribution in [0.2, 0.25) is 0 Å². The smallest absolute Gasteiger partial charge is 0.329 e. The van der Waals surface area contributed by atoms with E-state index in [1.807, 2.05) is 11.8 Å². The minimum Gasteiger partial charge on any atom is -0.480 e. The molecule has 0 saturated carbocycles. The first-order valence-electron chi connectivity index (χ1n) is 5.85. The molecule has 0 aliphatic carbocycles. The Labute approximate surface area is 100 Å². The number of aliphatic carboxylic acids is 1. The number of hydrogen-bond acceptors (Lipinski definition) is 4. The number of rotatable bonds is 2. The molecule has 1 aliphatic rings. The molecular weight excluding hydrogens is 218 g/mol. The Hall–Kier alpha value is -1.65. The zero-order valence-corrected chi connectivity index (χ0v) is 10.2. The first-order valence-corrected chi connectivity index (χ1v) is 5.85. The van der Waals surface area contributed by atoms with Gasteiger partial charge in [0.25, 0.3) is 0 Å². The zero-order valence-electron chi connectivity index (χ0n) is 10.2. The molecule has 2 heterocycles. The van der Waals surface area contributed by atoms with E-state index in [-0.39, 0.29) is 0 Å². The molecule has 1 aromatic heterocycles. The van der Waals surface area contributed by atoms with Crippen molar-refractivity contribution >= 4 is 11.8 Å². The molecule has 1 fully saturated rings. The van der Waals surface area contributed by atoms with Crippen LogP contribution in [0.1, 0.15) is 32.0 Å². The molecule has 5 heteroatoms. The second-order valence-electron chi connectivity index (χ2n) is 4.65. The molecule has 1 N–H and O–H groups in total. The molecule has 1 aliphatic heterocycles. The number of nitrogens with zero attached hydrogens (tertiary/aromatic N) is 3. The van der Waals surface area contributed by atoms with E-state index in [2.05, 4.69) is 9.97 Å². The fourth-order valence-electron chi connectivity index (χ4n) is 2.30. The van der Waals surface area contributed by atoms with Crippen LogP contribution in [0.25, 0.3) is 0 Å². The maximum absolute atomic E-state index is 11.5. The molecule has 5 nitrogen and oxygen atoms in total. The fourth-order valence-corrected chi connectivity index (χ4v) is 2.30. The van der Waals surface area contributed by atoms with E-state index in [1.165, 1.54) is 0 Å². The van der Waals surface area contributed by atoms with E-state index in [0.717, 1.165) is 19.4 Å². The van der Waals surface area contributed by atoms with Gasteiger partial charge in [0, 0.05) is 12.7 Å². The van der Waals surface area contributed by atoms with Crippen molar-refractivity contribution in [3.8, 4) is 0 Å². The molecule has 92 valence electrons. The molecule has 0 radical (unpaired) electrons. The van der Waals surface area contributed by atoms with E-state index < -0.39 is 11.5 Å². The number of aromatic nitrogens is 2. The van der Waals surface area contributed by atoms with Crippen molar-refractivity contribution in [1.29, 1.82) is 0 Å². The van der Waals surface area contributed by atoms with Crippen LogP contribution in [-0.4, -0.2) is 33.1 Å². The normalized spacial score (nSPS) is 24.7. The van der Waals surface area contributed by atoms with Crippen LogP contribution in [0.15, 0.2) is 12.3 Å². The topological polar surface area (TPSA) is 66.3 Å². The molecule has 1 saturated heterocycles. The Morgan fingerprint density at radius 1 is 1.53 bits per heavy atom. The first kappa shape index (κ1) is 11.8. The molecule has 2 rings (SSSR count). The van der Waals surface area contributed by atoms with Gasteiger partial charge in [0.15, 0.2) is 0 Å². The summed E-state index contributed by atoms with van der Waals surface area (Å²) in [7, 11) is 0. The van der Waals surface area contributed by atoms with Crippen molar-refractivity contribution in [1.82, 2.24) is 9.97 Å². The number of piperidine rings is 1. The number of carboxylic acids is 1. The van der Waals surface area contributed by atoms with E-state index in [0.29, 0.717) is 18.1 Å². The average Bonchev–Trinajstić information content (AvgIpc) is 2.29. The molecule has 17 heavy (non-hydrogen) atoms. The van der Waals surface area contributed by atoms with Crippen molar-refractivity contribution in [2.24, 2.45) is 0 Å². The van der Waals surface area contributed by atoms with Crippen LogP contribution in [-0.2, 0) is 4.79 Å². The van der Waals surface area contributed by atoms with Gasteiger partial charge >= 0.3 is 5.97 Å². The van der Waals surface area contributed by atoms with Crippen LogP contribution in [0, 0.1) is 6.92 Å². The van der Waals surface area contributed by atoms with Crippen molar-refractivity contribution < 1.29 is 9.90 Å². The van der Waals surface area contributed by atoms with Crippen molar-refractivity contribution in [3.63, 3.8) is 0 Å². The van der Waals surface area contributed by atoms with Crippen molar-refractivity contribution in [3.05, 3.63) is 18.1 Å². The molecule has 0 spiro atoms. The molecule has 0 amide bonds. The maximum Gasteiger partial charge on any atom is 0.329 e. The minimum atomic E-state index is -0.848. The number of carboxylic acid groups (broad SMARTS) is 1. The van der Waals surface area contributed by atoms with Gasteiger partial charge in [-0.1, -0.05) is 0 Å². The summed E-state index contributed by atoms with van der Waals surface area (Å²) >= 11 is 0.